The van der Waals surface area contributed by atoms with Crippen LogP contribution in [0.15, 0.2) is 28.7 Å². The molecule has 1 rings (SSSR count). The molecule has 0 saturated heterocycles. The molecule has 0 amide bonds. The van der Waals surface area contributed by atoms with E-state index >= 15 is 0 Å². The van der Waals surface area contributed by atoms with Gasteiger partial charge >= 0.3 is 0 Å². The van der Waals surface area contributed by atoms with Crippen molar-refractivity contribution >= 4 is 22.0 Å². The van der Waals surface area contributed by atoms with E-state index in [4.69, 9.17) is 0 Å². The van der Waals surface area contributed by atoms with Gasteiger partial charge in [-0.3, -0.25) is 0 Å². The molecular formula is C10H11BrO. The summed E-state index contributed by atoms with van der Waals surface area (Å²) in [5.41, 5.74) is 0.853. The molecule has 0 atom stereocenters. The normalized spacial score (nSPS) is 10.8. The lowest BCUT2D eigenvalue weighted by molar-refractivity contribution is 0.474. The third-order valence-electron chi connectivity index (χ3n) is 1.52. The number of benzene rings is 1. The number of rotatable bonds is 2. The number of hydrogen-bond acceptors (Lipinski definition) is 1. The van der Waals surface area contributed by atoms with Crippen LogP contribution in [0.1, 0.15) is 18.9 Å². The van der Waals surface area contributed by atoms with Crippen molar-refractivity contribution in [3.8, 4) is 5.75 Å². The molecule has 2 heteroatoms. The highest BCUT2D eigenvalue weighted by atomic mass is 79.9. The molecule has 12 heavy (non-hydrogen) atoms. The van der Waals surface area contributed by atoms with Crippen molar-refractivity contribution in [2.45, 2.75) is 13.3 Å². The topological polar surface area (TPSA) is 20.2 Å². The molecule has 1 aromatic carbocycles. The lowest BCUT2D eigenvalue weighted by Gasteiger charge is -1.98. The van der Waals surface area contributed by atoms with Crippen molar-refractivity contribution in [2.24, 2.45) is 0 Å². The van der Waals surface area contributed by atoms with Crippen LogP contribution in [-0.2, 0) is 0 Å². The zero-order chi connectivity index (χ0) is 8.97. The average molecular weight is 227 g/mol. The van der Waals surface area contributed by atoms with Crippen LogP contribution in [0.2, 0.25) is 0 Å². The molecule has 0 aliphatic heterocycles. The van der Waals surface area contributed by atoms with Crippen molar-refractivity contribution in [1.82, 2.24) is 0 Å². The Hall–Kier alpha value is -0.760. The van der Waals surface area contributed by atoms with Gasteiger partial charge in [-0.05, 0) is 24.6 Å². The van der Waals surface area contributed by atoms with Crippen molar-refractivity contribution in [2.75, 3.05) is 0 Å². The second-order valence-corrected chi connectivity index (χ2v) is 3.43. The van der Waals surface area contributed by atoms with Crippen LogP contribution < -0.4 is 0 Å². The predicted molar refractivity (Wildman–Crippen MR) is 55.1 cm³/mol. The van der Waals surface area contributed by atoms with E-state index in [1.54, 1.807) is 6.07 Å². The van der Waals surface area contributed by atoms with Crippen molar-refractivity contribution in [1.29, 1.82) is 0 Å². The Balaban J connectivity index is 2.97. The van der Waals surface area contributed by atoms with Crippen molar-refractivity contribution in [3.05, 3.63) is 34.3 Å². The fourth-order valence-electron chi connectivity index (χ4n) is 0.904. The largest absolute Gasteiger partial charge is 0.507 e. The number of hydrogen-bond donors (Lipinski definition) is 1. The van der Waals surface area contributed by atoms with E-state index in [0.29, 0.717) is 5.75 Å². The fraction of sp³-hybridized carbons (Fsp3) is 0.200. The van der Waals surface area contributed by atoms with Gasteiger partial charge in [0.15, 0.2) is 0 Å². The van der Waals surface area contributed by atoms with E-state index in [1.807, 2.05) is 24.3 Å². The molecule has 0 heterocycles. The van der Waals surface area contributed by atoms with Crippen LogP contribution in [0.5, 0.6) is 5.75 Å². The lowest BCUT2D eigenvalue weighted by atomic mass is 10.2. The highest BCUT2D eigenvalue weighted by Crippen LogP contribution is 2.22. The Morgan fingerprint density at radius 2 is 2.25 bits per heavy atom. The Labute approximate surface area is 80.9 Å². The standard InChI is InChI=1S/C10H11BrO/c1-2-3-4-8-7-9(11)5-6-10(8)12/h3-7,12H,2H2,1H3/b4-3+. The molecule has 0 saturated carbocycles. The summed E-state index contributed by atoms with van der Waals surface area (Å²) in [5.74, 6) is 0.322. The SMILES string of the molecule is CC/C=C/c1cc(Br)ccc1O. The second kappa shape index (κ2) is 4.31. The third kappa shape index (κ3) is 2.38. The minimum atomic E-state index is 0.322. The van der Waals surface area contributed by atoms with Gasteiger partial charge < -0.3 is 5.11 Å². The molecule has 64 valence electrons. The van der Waals surface area contributed by atoms with Gasteiger partial charge in [0.25, 0.3) is 0 Å². The van der Waals surface area contributed by atoms with Gasteiger partial charge in [-0.2, -0.15) is 0 Å². The first-order chi connectivity index (χ1) is 5.74. The van der Waals surface area contributed by atoms with Gasteiger partial charge in [0.1, 0.15) is 5.75 Å². The minimum Gasteiger partial charge on any atom is -0.507 e. The molecule has 0 fully saturated rings. The first kappa shape index (κ1) is 9.33. The molecule has 0 aliphatic rings. The summed E-state index contributed by atoms with van der Waals surface area (Å²) >= 11 is 3.34. The summed E-state index contributed by atoms with van der Waals surface area (Å²) in [5, 5.41) is 9.39. The molecule has 1 aromatic rings. The number of phenols is 1. The molecule has 0 aliphatic carbocycles. The van der Waals surface area contributed by atoms with Gasteiger partial charge in [0, 0.05) is 10.0 Å². The van der Waals surface area contributed by atoms with E-state index in [9.17, 15) is 5.11 Å². The van der Waals surface area contributed by atoms with E-state index in [-0.39, 0.29) is 0 Å². The Bertz CT molecular complexity index is 292. The number of phenolic OH excluding ortho intramolecular Hbond substituents is 1. The molecule has 0 spiro atoms. The minimum absolute atomic E-state index is 0.322. The number of allylic oxidation sites excluding steroid dienone is 1. The quantitative estimate of drug-likeness (QED) is 0.818. The van der Waals surface area contributed by atoms with Crippen molar-refractivity contribution in [3.63, 3.8) is 0 Å². The zero-order valence-corrected chi connectivity index (χ0v) is 8.51. The van der Waals surface area contributed by atoms with Crippen LogP contribution in [0.3, 0.4) is 0 Å². The molecule has 0 bridgehead atoms. The third-order valence-corrected chi connectivity index (χ3v) is 2.02. The van der Waals surface area contributed by atoms with Gasteiger partial charge in [-0.25, -0.2) is 0 Å². The Kier molecular flexibility index (Phi) is 3.35. The first-order valence-corrected chi connectivity index (χ1v) is 4.68. The Morgan fingerprint density at radius 3 is 2.92 bits per heavy atom. The van der Waals surface area contributed by atoms with Crippen LogP contribution >= 0.6 is 15.9 Å². The summed E-state index contributed by atoms with van der Waals surface area (Å²) < 4.78 is 0.982. The molecule has 1 nitrogen and oxygen atoms in total. The lowest BCUT2D eigenvalue weighted by Crippen LogP contribution is -1.74. The summed E-state index contributed by atoms with van der Waals surface area (Å²) in [4.78, 5) is 0. The maximum Gasteiger partial charge on any atom is 0.122 e. The maximum atomic E-state index is 9.39. The first-order valence-electron chi connectivity index (χ1n) is 3.89. The highest BCUT2D eigenvalue weighted by Gasteiger charge is 1.96. The molecule has 0 unspecified atom stereocenters. The monoisotopic (exact) mass is 226 g/mol. The van der Waals surface area contributed by atoms with E-state index < -0.39 is 0 Å². The second-order valence-electron chi connectivity index (χ2n) is 2.51. The van der Waals surface area contributed by atoms with Gasteiger partial charge in [-0.1, -0.05) is 35.0 Å². The van der Waals surface area contributed by atoms with Crippen LogP contribution in [0, 0.1) is 0 Å². The van der Waals surface area contributed by atoms with Gasteiger partial charge in [-0.15, -0.1) is 0 Å². The molecular weight excluding hydrogens is 216 g/mol. The highest BCUT2D eigenvalue weighted by molar-refractivity contribution is 9.10. The fourth-order valence-corrected chi connectivity index (χ4v) is 1.28. The molecule has 0 aromatic heterocycles. The zero-order valence-electron chi connectivity index (χ0n) is 6.92. The van der Waals surface area contributed by atoms with Gasteiger partial charge in [0.05, 0.1) is 0 Å². The van der Waals surface area contributed by atoms with E-state index in [2.05, 4.69) is 22.9 Å². The molecule has 1 N–H and O–H groups in total. The summed E-state index contributed by atoms with van der Waals surface area (Å²) in [6, 6.07) is 5.39. The number of aromatic hydroxyl groups is 1. The average Bonchev–Trinajstić information content (AvgIpc) is 2.07. The van der Waals surface area contributed by atoms with Crippen LogP contribution in [-0.4, -0.2) is 5.11 Å². The summed E-state index contributed by atoms with van der Waals surface area (Å²) in [6.07, 6.45) is 4.91. The Morgan fingerprint density at radius 1 is 1.50 bits per heavy atom. The smallest absolute Gasteiger partial charge is 0.122 e. The predicted octanol–water partition coefficient (Wildman–Crippen LogP) is 3.58. The molecule has 0 radical (unpaired) electrons. The van der Waals surface area contributed by atoms with Crippen molar-refractivity contribution < 1.29 is 5.11 Å². The van der Waals surface area contributed by atoms with Crippen LogP contribution in [0.4, 0.5) is 0 Å². The maximum absolute atomic E-state index is 9.39. The van der Waals surface area contributed by atoms with E-state index in [0.717, 1.165) is 16.5 Å². The summed E-state index contributed by atoms with van der Waals surface area (Å²) in [7, 11) is 0. The van der Waals surface area contributed by atoms with E-state index in [1.165, 1.54) is 0 Å². The van der Waals surface area contributed by atoms with Crippen LogP contribution in [0.25, 0.3) is 6.08 Å². The summed E-state index contributed by atoms with van der Waals surface area (Å²) in [6.45, 7) is 2.06. The van der Waals surface area contributed by atoms with Gasteiger partial charge in [0.2, 0.25) is 0 Å². The number of halogens is 1.